The van der Waals surface area contributed by atoms with Crippen molar-refractivity contribution < 1.29 is 0 Å². The smallest absolute Gasteiger partial charge is 0.207 e. The van der Waals surface area contributed by atoms with E-state index in [0.29, 0.717) is 20.4 Å². The fourth-order valence-electron chi connectivity index (χ4n) is 3.91. The lowest BCUT2D eigenvalue weighted by Gasteiger charge is -2.11. The molecule has 0 bridgehead atoms. The van der Waals surface area contributed by atoms with Crippen molar-refractivity contribution >= 4 is 44.8 Å². The zero-order valence-corrected chi connectivity index (χ0v) is 22.8. The van der Waals surface area contributed by atoms with E-state index >= 15 is 0 Å². The van der Waals surface area contributed by atoms with Crippen molar-refractivity contribution in [3.8, 4) is 34.2 Å². The van der Waals surface area contributed by atoms with Gasteiger partial charge in [0.1, 0.15) is 0 Å². The van der Waals surface area contributed by atoms with Crippen LogP contribution in [0.15, 0.2) is 120 Å². The zero-order valence-electron chi connectivity index (χ0n) is 19.6. The molecule has 38 heavy (non-hydrogen) atoms. The van der Waals surface area contributed by atoms with Gasteiger partial charge in [-0.15, -0.1) is 20.4 Å². The molecular weight excluding hydrogens is 555 g/mol. The van der Waals surface area contributed by atoms with Gasteiger partial charge in [0.15, 0.2) is 11.6 Å². The fourth-order valence-corrected chi connectivity index (χ4v) is 6.09. The second-order valence-corrected chi connectivity index (χ2v) is 11.1. The van der Waals surface area contributed by atoms with Crippen LogP contribution in [0, 0.1) is 0 Å². The number of halogens is 2. The molecule has 10 heteroatoms. The van der Waals surface area contributed by atoms with Crippen molar-refractivity contribution in [1.29, 1.82) is 0 Å². The van der Waals surface area contributed by atoms with E-state index in [4.69, 9.17) is 23.2 Å². The summed E-state index contributed by atoms with van der Waals surface area (Å²) in [6.07, 6.45) is 0. The van der Waals surface area contributed by atoms with Crippen molar-refractivity contribution in [2.75, 3.05) is 0 Å². The highest BCUT2D eigenvalue weighted by molar-refractivity contribution is 8.76. The van der Waals surface area contributed by atoms with Crippen LogP contribution in [0.3, 0.4) is 0 Å². The van der Waals surface area contributed by atoms with Crippen LogP contribution in [-0.4, -0.2) is 29.5 Å². The Balaban J connectivity index is 1.39. The largest absolute Gasteiger partial charge is 0.269 e. The molecule has 0 saturated heterocycles. The molecule has 0 amide bonds. The maximum Gasteiger partial charge on any atom is 0.207 e. The molecule has 0 N–H and O–H groups in total. The summed E-state index contributed by atoms with van der Waals surface area (Å²) in [6, 6.07) is 35.2. The van der Waals surface area contributed by atoms with Crippen molar-refractivity contribution in [3.63, 3.8) is 0 Å². The molecule has 0 fully saturated rings. The van der Waals surface area contributed by atoms with Gasteiger partial charge in [0.05, 0.1) is 0 Å². The van der Waals surface area contributed by atoms with Gasteiger partial charge < -0.3 is 0 Å². The van der Waals surface area contributed by atoms with Gasteiger partial charge in [0, 0.05) is 32.5 Å². The lowest BCUT2D eigenvalue weighted by molar-refractivity contribution is 0.885. The highest BCUT2D eigenvalue weighted by atomic mass is 35.5. The number of nitrogens with zero attached hydrogens (tertiary/aromatic N) is 6. The van der Waals surface area contributed by atoms with E-state index in [1.54, 1.807) is 0 Å². The Morgan fingerprint density at radius 3 is 1.18 bits per heavy atom. The summed E-state index contributed by atoms with van der Waals surface area (Å²) in [5.41, 5.74) is 3.74. The van der Waals surface area contributed by atoms with Gasteiger partial charge in [0.25, 0.3) is 0 Å². The van der Waals surface area contributed by atoms with Crippen molar-refractivity contribution in [2.45, 2.75) is 10.3 Å². The predicted octanol–water partition coefficient (Wildman–Crippen LogP) is 8.29. The van der Waals surface area contributed by atoms with Crippen LogP contribution in [0.2, 0.25) is 10.0 Å². The number of para-hydroxylation sites is 2. The lowest BCUT2D eigenvalue weighted by Crippen LogP contribution is -2.00. The molecule has 6 nitrogen and oxygen atoms in total. The van der Waals surface area contributed by atoms with Crippen molar-refractivity contribution in [3.05, 3.63) is 119 Å². The number of hydrogen-bond acceptors (Lipinski definition) is 6. The Kier molecular flexibility index (Phi) is 7.20. The standard InChI is InChI=1S/C28H18Cl2N6S2/c29-21-15-11-19(12-16-21)25-31-33-27(35(25)23-7-3-1-4-8-23)37-38-28-34-32-26(20-13-17-22(30)18-14-20)36(28)24-9-5-2-6-10-24/h1-18H. The van der Waals surface area contributed by atoms with Gasteiger partial charge in [-0.2, -0.15) is 0 Å². The monoisotopic (exact) mass is 572 g/mol. The van der Waals surface area contributed by atoms with Crippen LogP contribution in [0.25, 0.3) is 34.2 Å². The first kappa shape index (κ1) is 24.8. The van der Waals surface area contributed by atoms with Crippen LogP contribution in [0.4, 0.5) is 0 Å². The third kappa shape index (κ3) is 5.08. The third-order valence-corrected chi connectivity index (χ3v) is 8.25. The molecule has 0 aliphatic carbocycles. The van der Waals surface area contributed by atoms with E-state index in [2.05, 4.69) is 20.4 Å². The second kappa shape index (κ2) is 11.0. The van der Waals surface area contributed by atoms with Gasteiger partial charge in [-0.05, 0) is 94.4 Å². The highest BCUT2D eigenvalue weighted by Crippen LogP contribution is 2.40. The molecule has 0 aliphatic heterocycles. The summed E-state index contributed by atoms with van der Waals surface area (Å²) in [5, 5.41) is 20.9. The van der Waals surface area contributed by atoms with Crippen LogP contribution < -0.4 is 0 Å². The zero-order chi connectivity index (χ0) is 25.9. The summed E-state index contributed by atoms with van der Waals surface area (Å²) in [7, 11) is 2.94. The molecule has 6 rings (SSSR count). The van der Waals surface area contributed by atoms with E-state index < -0.39 is 0 Å². The highest BCUT2D eigenvalue weighted by Gasteiger charge is 2.21. The molecule has 4 aromatic carbocycles. The predicted molar refractivity (Wildman–Crippen MR) is 155 cm³/mol. The summed E-state index contributed by atoms with van der Waals surface area (Å²) >= 11 is 12.3. The summed E-state index contributed by atoms with van der Waals surface area (Å²) in [6.45, 7) is 0. The van der Waals surface area contributed by atoms with Crippen LogP contribution in [0.5, 0.6) is 0 Å². The van der Waals surface area contributed by atoms with E-state index in [9.17, 15) is 0 Å². The molecule has 0 atom stereocenters. The lowest BCUT2D eigenvalue weighted by atomic mass is 10.2. The van der Waals surface area contributed by atoms with Crippen LogP contribution in [-0.2, 0) is 0 Å². The number of benzene rings is 4. The Morgan fingerprint density at radius 2 is 0.816 bits per heavy atom. The van der Waals surface area contributed by atoms with Gasteiger partial charge in [-0.25, -0.2) is 0 Å². The molecule has 0 spiro atoms. The first-order valence-electron chi connectivity index (χ1n) is 11.6. The van der Waals surface area contributed by atoms with E-state index in [1.165, 1.54) is 21.6 Å². The molecule has 0 unspecified atom stereocenters. The minimum atomic E-state index is 0.668. The maximum absolute atomic E-state index is 6.13. The van der Waals surface area contributed by atoms with Gasteiger partial charge >= 0.3 is 0 Å². The van der Waals surface area contributed by atoms with Gasteiger partial charge in [-0.3, -0.25) is 9.13 Å². The average molecular weight is 574 g/mol. The van der Waals surface area contributed by atoms with E-state index in [1.807, 2.05) is 118 Å². The van der Waals surface area contributed by atoms with Crippen LogP contribution in [0.1, 0.15) is 0 Å². The second-order valence-electron chi connectivity index (χ2n) is 8.13. The molecule has 6 aromatic rings. The fraction of sp³-hybridized carbons (Fsp3) is 0. The normalized spacial score (nSPS) is 11.1. The van der Waals surface area contributed by atoms with Gasteiger partial charge in [0.2, 0.25) is 10.3 Å². The number of rotatable bonds is 7. The van der Waals surface area contributed by atoms with Crippen molar-refractivity contribution in [1.82, 2.24) is 29.5 Å². The Labute approximate surface area is 237 Å². The van der Waals surface area contributed by atoms with Crippen molar-refractivity contribution in [2.24, 2.45) is 0 Å². The topological polar surface area (TPSA) is 61.4 Å². The first-order valence-corrected chi connectivity index (χ1v) is 14.5. The number of aromatic nitrogens is 6. The Hall–Kier alpha value is -3.56. The Bertz CT molecular complexity index is 1540. The quantitative estimate of drug-likeness (QED) is 0.179. The average Bonchev–Trinajstić information content (AvgIpc) is 3.58. The molecule has 2 aromatic heterocycles. The molecule has 2 heterocycles. The van der Waals surface area contributed by atoms with Crippen LogP contribution >= 0.6 is 44.8 Å². The minimum Gasteiger partial charge on any atom is -0.269 e. The summed E-state index contributed by atoms with van der Waals surface area (Å²) in [4.78, 5) is 0. The molecule has 0 saturated carbocycles. The minimum absolute atomic E-state index is 0.668. The summed E-state index contributed by atoms with van der Waals surface area (Å²) < 4.78 is 4.06. The third-order valence-electron chi connectivity index (χ3n) is 5.69. The van der Waals surface area contributed by atoms with E-state index in [0.717, 1.165) is 34.2 Å². The molecule has 0 aliphatic rings. The SMILES string of the molecule is Clc1ccc(-c2nnc(SSc3nnc(-c4ccc(Cl)cc4)n3-c3ccccc3)n2-c2ccccc2)cc1. The molecular formula is C28H18Cl2N6S2. The molecule has 0 radical (unpaired) electrons. The maximum atomic E-state index is 6.13. The first-order chi connectivity index (χ1) is 18.7. The number of hydrogen-bond donors (Lipinski definition) is 0. The van der Waals surface area contributed by atoms with Gasteiger partial charge in [-0.1, -0.05) is 59.6 Å². The van der Waals surface area contributed by atoms with E-state index in [-0.39, 0.29) is 0 Å². The summed E-state index contributed by atoms with van der Waals surface area (Å²) in [5.74, 6) is 1.45. The Morgan fingerprint density at radius 1 is 0.447 bits per heavy atom. The molecule has 186 valence electrons.